The average molecular weight is 489 g/mol. The van der Waals surface area contributed by atoms with Crippen LogP contribution in [0.3, 0.4) is 0 Å². The molecule has 184 valence electrons. The van der Waals surface area contributed by atoms with E-state index in [2.05, 4.69) is 22.3 Å². The quantitative estimate of drug-likeness (QED) is 0.405. The van der Waals surface area contributed by atoms with E-state index in [1.807, 2.05) is 12.1 Å². The first-order chi connectivity index (χ1) is 16.2. The second kappa shape index (κ2) is 11.4. The summed E-state index contributed by atoms with van der Waals surface area (Å²) in [6, 6.07) is 12.3. The van der Waals surface area contributed by atoms with Gasteiger partial charge in [0.05, 0.1) is 16.9 Å². The van der Waals surface area contributed by atoms with E-state index >= 15 is 0 Å². The third kappa shape index (κ3) is 6.77. The molecule has 1 heterocycles. The first-order valence-corrected chi connectivity index (χ1v) is 13.4. The molecule has 0 aromatic heterocycles. The monoisotopic (exact) mass is 488 g/mol. The van der Waals surface area contributed by atoms with E-state index in [4.69, 9.17) is 0 Å². The third-order valence-corrected chi connectivity index (χ3v) is 7.12. The molecule has 0 unspecified atom stereocenters. The fraction of sp³-hybridized carbons (Fsp3) is 0.458. The number of carbonyl (C=O) groups excluding carboxylic acids is 1. The van der Waals surface area contributed by atoms with Crippen LogP contribution < -0.4 is 9.62 Å². The maximum Gasteiger partial charge on any atom is 0.271 e. The van der Waals surface area contributed by atoms with E-state index in [0.717, 1.165) is 35.8 Å². The highest BCUT2D eigenvalue weighted by Crippen LogP contribution is 2.26. The highest BCUT2D eigenvalue weighted by Gasteiger charge is 2.32. The molecule has 0 spiro atoms. The molecule has 0 radical (unpaired) electrons. The number of amides is 1. The molecule has 1 aliphatic rings. The lowest BCUT2D eigenvalue weighted by molar-refractivity contribution is -0.384. The Labute approximate surface area is 201 Å². The van der Waals surface area contributed by atoms with Crippen molar-refractivity contribution in [1.29, 1.82) is 0 Å². The van der Waals surface area contributed by atoms with Gasteiger partial charge in [0.1, 0.15) is 6.04 Å². The van der Waals surface area contributed by atoms with E-state index in [-0.39, 0.29) is 24.3 Å². The summed E-state index contributed by atoms with van der Waals surface area (Å²) in [6.45, 7) is 5.03. The van der Waals surface area contributed by atoms with E-state index in [1.54, 1.807) is 6.92 Å². The van der Waals surface area contributed by atoms with Gasteiger partial charge in [-0.15, -0.1) is 0 Å². The molecular formula is C24H32N4O5S. The van der Waals surface area contributed by atoms with Crippen LogP contribution in [0.15, 0.2) is 48.5 Å². The first kappa shape index (κ1) is 25.6. The number of carbonyl (C=O) groups is 1. The molecule has 34 heavy (non-hydrogen) atoms. The lowest BCUT2D eigenvalue weighted by Crippen LogP contribution is -2.49. The first-order valence-electron chi connectivity index (χ1n) is 11.5. The number of nitrogens with zero attached hydrogens (tertiary/aromatic N) is 3. The van der Waals surface area contributed by atoms with Crippen LogP contribution in [0.1, 0.15) is 43.7 Å². The fourth-order valence-corrected chi connectivity index (χ4v) is 5.53. The largest absolute Gasteiger partial charge is 0.350 e. The van der Waals surface area contributed by atoms with Gasteiger partial charge in [-0.25, -0.2) is 8.42 Å². The third-order valence-electron chi connectivity index (χ3n) is 5.94. The average Bonchev–Trinajstić information content (AvgIpc) is 2.81. The predicted octanol–water partition coefficient (Wildman–Crippen LogP) is 3.44. The molecule has 1 saturated heterocycles. The molecule has 1 atom stereocenters. The summed E-state index contributed by atoms with van der Waals surface area (Å²) in [5.41, 5.74) is 1.95. The maximum absolute atomic E-state index is 13.1. The van der Waals surface area contributed by atoms with Gasteiger partial charge in [-0.2, -0.15) is 0 Å². The summed E-state index contributed by atoms with van der Waals surface area (Å²) in [7, 11) is -3.88. The number of sulfonamides is 1. The van der Waals surface area contributed by atoms with Crippen molar-refractivity contribution >= 4 is 27.3 Å². The normalized spacial score (nSPS) is 15.5. The van der Waals surface area contributed by atoms with E-state index < -0.39 is 26.9 Å². The molecule has 10 heteroatoms. The van der Waals surface area contributed by atoms with Gasteiger partial charge < -0.3 is 5.32 Å². The van der Waals surface area contributed by atoms with Crippen molar-refractivity contribution in [3.63, 3.8) is 0 Å². The van der Waals surface area contributed by atoms with Crippen LogP contribution in [0, 0.1) is 10.1 Å². The molecular weight excluding hydrogens is 456 g/mol. The van der Waals surface area contributed by atoms with Crippen molar-refractivity contribution in [2.24, 2.45) is 0 Å². The van der Waals surface area contributed by atoms with Gasteiger partial charge in [0.2, 0.25) is 15.9 Å². The summed E-state index contributed by atoms with van der Waals surface area (Å²) in [4.78, 5) is 26.1. The van der Waals surface area contributed by atoms with Crippen LogP contribution in [0.5, 0.6) is 0 Å². The number of hydrogen-bond acceptors (Lipinski definition) is 6. The number of nitro groups is 1. The summed E-state index contributed by atoms with van der Waals surface area (Å²) in [5.74, 6) is -0.458. The minimum Gasteiger partial charge on any atom is -0.350 e. The molecule has 0 bridgehead atoms. The smallest absolute Gasteiger partial charge is 0.271 e. The second-order valence-electron chi connectivity index (χ2n) is 8.63. The SMILES string of the molecule is CC[C@H](C(=O)NCc1cccc(CN2CCCCC2)c1)N(c1cccc([N+](=O)[O-])c1)S(C)(=O)=O. The highest BCUT2D eigenvalue weighted by atomic mass is 32.2. The number of hydrogen-bond donors (Lipinski definition) is 1. The minimum atomic E-state index is -3.88. The summed E-state index contributed by atoms with van der Waals surface area (Å²) >= 11 is 0. The Hall–Kier alpha value is -2.98. The van der Waals surface area contributed by atoms with E-state index in [0.29, 0.717) is 0 Å². The zero-order valence-electron chi connectivity index (χ0n) is 19.6. The van der Waals surface area contributed by atoms with Crippen molar-refractivity contribution in [3.05, 3.63) is 69.8 Å². The maximum atomic E-state index is 13.1. The van der Waals surface area contributed by atoms with Crippen molar-refractivity contribution in [3.8, 4) is 0 Å². The zero-order chi connectivity index (χ0) is 24.7. The minimum absolute atomic E-state index is 0.0854. The Morgan fingerprint density at radius 2 is 1.79 bits per heavy atom. The van der Waals surface area contributed by atoms with Crippen LogP contribution >= 0.6 is 0 Å². The number of rotatable bonds is 10. The lowest BCUT2D eigenvalue weighted by Gasteiger charge is -2.30. The molecule has 1 N–H and O–H groups in total. The number of likely N-dealkylation sites (tertiary alicyclic amines) is 1. The van der Waals surface area contributed by atoms with Crippen molar-refractivity contribution in [1.82, 2.24) is 10.2 Å². The van der Waals surface area contributed by atoms with Crippen LogP contribution in [0.2, 0.25) is 0 Å². The van der Waals surface area contributed by atoms with Crippen molar-refractivity contribution in [2.75, 3.05) is 23.7 Å². The number of nitro benzene ring substituents is 1. The van der Waals surface area contributed by atoms with Crippen LogP contribution in [0.25, 0.3) is 0 Å². The van der Waals surface area contributed by atoms with Crippen LogP contribution in [-0.2, 0) is 27.9 Å². The predicted molar refractivity (Wildman–Crippen MR) is 132 cm³/mol. The molecule has 1 fully saturated rings. The summed E-state index contributed by atoms with van der Waals surface area (Å²) < 4.78 is 26.2. The topological polar surface area (TPSA) is 113 Å². The number of benzene rings is 2. The summed E-state index contributed by atoms with van der Waals surface area (Å²) in [5, 5.41) is 14.0. The van der Waals surface area contributed by atoms with Gasteiger partial charge in [-0.1, -0.05) is 43.7 Å². The zero-order valence-corrected chi connectivity index (χ0v) is 20.5. The van der Waals surface area contributed by atoms with E-state index in [1.165, 1.54) is 49.1 Å². The molecule has 0 saturated carbocycles. The Kier molecular flexibility index (Phi) is 8.62. The second-order valence-corrected chi connectivity index (χ2v) is 10.5. The van der Waals surface area contributed by atoms with Gasteiger partial charge in [-0.3, -0.25) is 24.1 Å². The van der Waals surface area contributed by atoms with Crippen molar-refractivity contribution < 1.29 is 18.1 Å². The molecule has 2 aromatic carbocycles. The number of non-ortho nitro benzene ring substituents is 1. The molecule has 1 amide bonds. The standard InChI is InChI=1S/C24H32N4O5S/c1-3-23(27(34(2,32)33)21-11-8-12-22(16-21)28(30)31)24(29)25-17-19-9-7-10-20(15-19)18-26-13-5-4-6-14-26/h7-12,15-16,23H,3-6,13-14,17-18H2,1-2H3,(H,25,29)/t23-/m1/s1. The van der Waals surface area contributed by atoms with Gasteiger partial charge in [0, 0.05) is 25.2 Å². The summed E-state index contributed by atoms with van der Waals surface area (Å²) in [6.07, 6.45) is 4.91. The van der Waals surface area contributed by atoms with Crippen molar-refractivity contribution in [2.45, 2.75) is 51.7 Å². The highest BCUT2D eigenvalue weighted by molar-refractivity contribution is 7.92. The van der Waals surface area contributed by atoms with E-state index in [9.17, 15) is 23.3 Å². The Bertz CT molecular complexity index is 1120. The Morgan fingerprint density at radius 1 is 1.12 bits per heavy atom. The fourth-order valence-electron chi connectivity index (χ4n) is 4.32. The van der Waals surface area contributed by atoms with Gasteiger partial charge >= 0.3 is 0 Å². The van der Waals surface area contributed by atoms with Gasteiger partial charge in [0.25, 0.3) is 5.69 Å². The molecule has 0 aliphatic carbocycles. The molecule has 2 aromatic rings. The Balaban J connectivity index is 1.73. The van der Waals surface area contributed by atoms with Crippen LogP contribution in [0.4, 0.5) is 11.4 Å². The number of nitrogens with one attached hydrogen (secondary N) is 1. The van der Waals surface area contributed by atoms with Gasteiger partial charge in [0.15, 0.2) is 0 Å². The number of anilines is 1. The number of piperidine rings is 1. The van der Waals surface area contributed by atoms with Gasteiger partial charge in [-0.05, 0) is 49.5 Å². The Morgan fingerprint density at radius 3 is 2.44 bits per heavy atom. The van der Waals surface area contributed by atoms with Crippen LogP contribution in [-0.4, -0.2) is 49.5 Å². The molecule has 1 aliphatic heterocycles. The molecule has 3 rings (SSSR count). The molecule has 9 nitrogen and oxygen atoms in total. The lowest BCUT2D eigenvalue weighted by atomic mass is 10.1.